The third-order valence-corrected chi connectivity index (χ3v) is 2.35. The summed E-state index contributed by atoms with van der Waals surface area (Å²) in [5, 5.41) is -0.402. The highest BCUT2D eigenvalue weighted by Crippen LogP contribution is 2.41. The lowest BCUT2D eigenvalue weighted by Crippen LogP contribution is -2.09. The fraction of sp³-hybridized carbons (Fsp3) is 0.250. The van der Waals surface area contributed by atoms with Gasteiger partial charge in [-0.25, -0.2) is 0 Å². The van der Waals surface area contributed by atoms with E-state index in [1.165, 1.54) is 12.1 Å². The highest BCUT2D eigenvalue weighted by molar-refractivity contribution is 6.44. The Bertz CT molecular complexity index is 333. The molecule has 0 unspecified atom stereocenters. The topological polar surface area (TPSA) is 0 Å². The molecule has 14 heavy (non-hydrogen) atoms. The molecule has 1 rings (SSSR count). The van der Waals surface area contributed by atoms with Gasteiger partial charge in [0.2, 0.25) is 0 Å². The molecule has 0 aromatic heterocycles. The van der Waals surface area contributed by atoms with Crippen LogP contribution in [0.2, 0.25) is 5.02 Å². The van der Waals surface area contributed by atoms with E-state index in [0.29, 0.717) is 0 Å². The summed E-state index contributed by atoms with van der Waals surface area (Å²) in [7, 11) is 0. The van der Waals surface area contributed by atoms with Crippen LogP contribution in [0.3, 0.4) is 0 Å². The molecule has 0 saturated heterocycles. The Labute approximate surface area is 93.6 Å². The van der Waals surface area contributed by atoms with Crippen molar-refractivity contribution >= 4 is 34.8 Å². The van der Waals surface area contributed by atoms with Crippen LogP contribution in [0.4, 0.5) is 13.2 Å². The van der Waals surface area contributed by atoms with E-state index in [4.69, 9.17) is 34.8 Å². The normalized spacial score (nSPS) is 12.2. The Balaban J connectivity index is 3.38. The molecule has 0 aliphatic rings. The maximum Gasteiger partial charge on any atom is 0.418 e. The van der Waals surface area contributed by atoms with Gasteiger partial charge in [0, 0.05) is 0 Å². The van der Waals surface area contributed by atoms with Crippen molar-refractivity contribution in [2.45, 2.75) is 11.0 Å². The maximum atomic E-state index is 12.5. The lowest BCUT2D eigenvalue weighted by molar-refractivity contribution is -0.138. The van der Waals surface area contributed by atoms with Gasteiger partial charge in [0.05, 0.1) is 10.6 Å². The van der Waals surface area contributed by atoms with E-state index in [1.54, 1.807) is 0 Å². The summed E-state index contributed by atoms with van der Waals surface area (Å²) in [6, 6.07) is 3.70. The summed E-state index contributed by atoms with van der Waals surface area (Å²) in [5.41, 5.74) is -1.20. The Hall–Kier alpha value is -0.120. The SMILES string of the molecule is FC(F)(F)c1c(Cl)cccc1C(Cl)Cl. The van der Waals surface area contributed by atoms with Crippen molar-refractivity contribution in [3.63, 3.8) is 0 Å². The van der Waals surface area contributed by atoms with E-state index in [0.717, 1.165) is 6.07 Å². The summed E-state index contributed by atoms with van der Waals surface area (Å²) < 4.78 is 37.4. The first kappa shape index (κ1) is 12.0. The largest absolute Gasteiger partial charge is 0.418 e. The molecule has 0 N–H and O–H groups in total. The second-order valence-corrected chi connectivity index (χ2v) is 4.01. The van der Waals surface area contributed by atoms with Gasteiger partial charge in [-0.1, -0.05) is 23.7 Å². The third kappa shape index (κ3) is 2.47. The Morgan fingerprint density at radius 3 is 2.07 bits per heavy atom. The summed E-state index contributed by atoms with van der Waals surface area (Å²) in [4.78, 5) is -1.25. The minimum Gasteiger partial charge on any atom is -0.166 e. The molecule has 0 amide bonds. The van der Waals surface area contributed by atoms with Crippen molar-refractivity contribution in [1.82, 2.24) is 0 Å². The van der Waals surface area contributed by atoms with Crippen molar-refractivity contribution in [3.05, 3.63) is 34.3 Å². The Morgan fingerprint density at radius 1 is 1.14 bits per heavy atom. The molecule has 0 aliphatic heterocycles. The lowest BCUT2D eigenvalue weighted by atomic mass is 10.1. The standard InChI is InChI=1S/C8H4Cl3F3/c9-5-3-1-2-4(7(10)11)6(5)8(12,13)14/h1-3,7H. The van der Waals surface area contributed by atoms with Crippen LogP contribution in [0.25, 0.3) is 0 Å². The fourth-order valence-electron chi connectivity index (χ4n) is 1.02. The molecule has 1 aromatic carbocycles. The van der Waals surface area contributed by atoms with Gasteiger partial charge < -0.3 is 0 Å². The van der Waals surface area contributed by atoms with Gasteiger partial charge in [0.25, 0.3) is 0 Å². The number of alkyl halides is 5. The molecular weight excluding hydrogens is 259 g/mol. The summed E-state index contributed by atoms with van der Waals surface area (Å²) in [6.45, 7) is 0. The average Bonchev–Trinajstić information content (AvgIpc) is 2.01. The summed E-state index contributed by atoms with van der Waals surface area (Å²) in [5.74, 6) is 0. The van der Waals surface area contributed by atoms with E-state index < -0.39 is 21.6 Å². The van der Waals surface area contributed by atoms with Gasteiger partial charge >= 0.3 is 6.18 Å². The van der Waals surface area contributed by atoms with Gasteiger partial charge in [-0.2, -0.15) is 13.2 Å². The molecular formula is C8H4Cl3F3. The molecule has 78 valence electrons. The number of rotatable bonds is 1. The van der Waals surface area contributed by atoms with Crippen LogP contribution in [-0.4, -0.2) is 0 Å². The number of hydrogen-bond acceptors (Lipinski definition) is 0. The molecule has 0 saturated carbocycles. The Kier molecular flexibility index (Phi) is 3.56. The first-order chi connectivity index (χ1) is 6.34. The predicted octanol–water partition coefficient (Wildman–Crippen LogP) is 4.84. The van der Waals surface area contributed by atoms with Crippen LogP contribution < -0.4 is 0 Å². The molecule has 0 spiro atoms. The Morgan fingerprint density at radius 2 is 1.71 bits per heavy atom. The molecule has 6 heteroatoms. The first-order valence-electron chi connectivity index (χ1n) is 3.48. The van der Waals surface area contributed by atoms with Crippen molar-refractivity contribution in [2.75, 3.05) is 0 Å². The van der Waals surface area contributed by atoms with Crippen LogP contribution >= 0.6 is 34.8 Å². The van der Waals surface area contributed by atoms with Crippen molar-refractivity contribution in [2.24, 2.45) is 0 Å². The number of hydrogen-bond donors (Lipinski definition) is 0. The first-order valence-corrected chi connectivity index (χ1v) is 4.73. The van der Waals surface area contributed by atoms with Gasteiger partial charge in [-0.3, -0.25) is 0 Å². The quantitative estimate of drug-likeness (QED) is 0.636. The minimum atomic E-state index is -4.55. The molecule has 0 aliphatic carbocycles. The van der Waals surface area contributed by atoms with Crippen molar-refractivity contribution in [1.29, 1.82) is 0 Å². The molecule has 0 bridgehead atoms. The van der Waals surface area contributed by atoms with E-state index in [-0.39, 0.29) is 5.56 Å². The summed E-state index contributed by atoms with van der Waals surface area (Å²) in [6.07, 6.45) is -4.55. The van der Waals surface area contributed by atoms with E-state index in [1.807, 2.05) is 0 Å². The molecule has 1 aromatic rings. The minimum absolute atomic E-state index is 0.228. The number of halogens is 6. The van der Waals surface area contributed by atoms with Crippen LogP contribution in [-0.2, 0) is 6.18 Å². The second kappa shape index (κ2) is 4.17. The van der Waals surface area contributed by atoms with Crippen LogP contribution in [0.1, 0.15) is 16.0 Å². The van der Waals surface area contributed by atoms with Gasteiger partial charge in [0.15, 0.2) is 0 Å². The van der Waals surface area contributed by atoms with Crippen molar-refractivity contribution < 1.29 is 13.2 Å². The molecule has 0 radical (unpaired) electrons. The molecule has 0 atom stereocenters. The fourth-order valence-corrected chi connectivity index (χ4v) is 1.67. The number of benzene rings is 1. The zero-order chi connectivity index (χ0) is 10.9. The zero-order valence-electron chi connectivity index (χ0n) is 6.58. The molecule has 0 heterocycles. The highest BCUT2D eigenvalue weighted by Gasteiger charge is 2.36. The monoisotopic (exact) mass is 262 g/mol. The maximum absolute atomic E-state index is 12.5. The lowest BCUT2D eigenvalue weighted by Gasteiger charge is -2.14. The van der Waals surface area contributed by atoms with Gasteiger partial charge in [0.1, 0.15) is 4.84 Å². The van der Waals surface area contributed by atoms with Gasteiger partial charge in [-0.05, 0) is 11.6 Å². The van der Waals surface area contributed by atoms with E-state index in [2.05, 4.69) is 0 Å². The zero-order valence-corrected chi connectivity index (χ0v) is 8.84. The van der Waals surface area contributed by atoms with E-state index >= 15 is 0 Å². The molecule has 0 fully saturated rings. The highest BCUT2D eigenvalue weighted by atomic mass is 35.5. The average molecular weight is 263 g/mol. The van der Waals surface area contributed by atoms with Crippen molar-refractivity contribution in [3.8, 4) is 0 Å². The van der Waals surface area contributed by atoms with Crippen LogP contribution in [0, 0.1) is 0 Å². The predicted molar refractivity (Wildman–Crippen MR) is 50.9 cm³/mol. The molecule has 0 nitrogen and oxygen atoms in total. The third-order valence-electron chi connectivity index (χ3n) is 1.56. The van der Waals surface area contributed by atoms with Crippen LogP contribution in [0.5, 0.6) is 0 Å². The van der Waals surface area contributed by atoms with E-state index in [9.17, 15) is 13.2 Å². The second-order valence-electron chi connectivity index (χ2n) is 2.50. The summed E-state index contributed by atoms with van der Waals surface area (Å²) >= 11 is 16.2. The smallest absolute Gasteiger partial charge is 0.166 e. The van der Waals surface area contributed by atoms with Gasteiger partial charge in [-0.15, -0.1) is 23.2 Å². The van der Waals surface area contributed by atoms with Crippen LogP contribution in [0.15, 0.2) is 18.2 Å².